The Labute approximate surface area is 126 Å². The van der Waals surface area contributed by atoms with E-state index in [1.807, 2.05) is 6.92 Å². The summed E-state index contributed by atoms with van der Waals surface area (Å²) in [6, 6.07) is 5.11. The Bertz CT molecular complexity index is 934. The third-order valence-electron chi connectivity index (χ3n) is 3.40. The molecule has 2 aromatic heterocycles. The van der Waals surface area contributed by atoms with E-state index in [2.05, 4.69) is 10.1 Å². The summed E-state index contributed by atoms with van der Waals surface area (Å²) in [5, 5.41) is 4.56. The molecule has 114 valence electrons. The maximum atomic E-state index is 12.7. The molecule has 3 rings (SSSR count). The predicted molar refractivity (Wildman–Crippen MR) is 81.2 cm³/mol. The van der Waals surface area contributed by atoms with Crippen molar-refractivity contribution in [2.75, 3.05) is 21.3 Å². The number of fused-ring (bicyclic) bond motifs is 2. The van der Waals surface area contributed by atoms with E-state index in [-0.39, 0.29) is 5.56 Å². The minimum absolute atomic E-state index is 0.289. The Kier molecular flexibility index (Phi) is 3.32. The SMILES string of the molecule is COc1cc2c(=O)n3nc(C)ccc3nc2c(OC)c1OC. The second-order valence-corrected chi connectivity index (χ2v) is 4.70. The average Bonchev–Trinajstić information content (AvgIpc) is 2.54. The summed E-state index contributed by atoms with van der Waals surface area (Å²) < 4.78 is 17.2. The molecule has 2 heterocycles. The molecule has 0 atom stereocenters. The molecule has 1 aromatic carbocycles. The summed E-state index contributed by atoms with van der Waals surface area (Å²) in [5.74, 6) is 1.16. The van der Waals surface area contributed by atoms with Gasteiger partial charge in [-0.3, -0.25) is 4.79 Å². The molecule has 22 heavy (non-hydrogen) atoms. The van der Waals surface area contributed by atoms with Crippen LogP contribution in [0.1, 0.15) is 5.69 Å². The lowest BCUT2D eigenvalue weighted by atomic mass is 10.2. The molecule has 0 unspecified atom stereocenters. The van der Waals surface area contributed by atoms with Crippen LogP contribution in [0.2, 0.25) is 0 Å². The normalized spacial score (nSPS) is 10.9. The molecule has 0 fully saturated rings. The van der Waals surface area contributed by atoms with E-state index >= 15 is 0 Å². The first kappa shape index (κ1) is 14.1. The fraction of sp³-hybridized carbons (Fsp3) is 0.267. The molecule has 0 spiro atoms. The molecular formula is C15H15N3O4. The van der Waals surface area contributed by atoms with Gasteiger partial charge in [-0.15, -0.1) is 0 Å². The van der Waals surface area contributed by atoms with Crippen molar-refractivity contribution < 1.29 is 14.2 Å². The van der Waals surface area contributed by atoms with Crippen molar-refractivity contribution in [3.63, 3.8) is 0 Å². The third kappa shape index (κ3) is 1.93. The lowest BCUT2D eigenvalue weighted by molar-refractivity contribution is 0.327. The van der Waals surface area contributed by atoms with Gasteiger partial charge in [-0.1, -0.05) is 0 Å². The standard InChI is InChI=1S/C15H15N3O4/c1-8-5-6-11-16-12-9(15(19)18(11)17-8)7-10(20-2)13(21-3)14(12)22-4/h5-7H,1-4H3. The van der Waals surface area contributed by atoms with E-state index in [1.165, 1.54) is 25.8 Å². The van der Waals surface area contributed by atoms with Crippen molar-refractivity contribution in [2.45, 2.75) is 6.92 Å². The smallest absolute Gasteiger partial charge is 0.282 e. The molecule has 7 nitrogen and oxygen atoms in total. The molecule has 0 saturated heterocycles. The van der Waals surface area contributed by atoms with E-state index < -0.39 is 0 Å². The predicted octanol–water partition coefficient (Wildman–Crippen LogP) is 1.58. The molecule has 7 heteroatoms. The Balaban J connectivity index is 2.55. The van der Waals surface area contributed by atoms with Crippen LogP contribution in [-0.4, -0.2) is 35.9 Å². The average molecular weight is 301 g/mol. The molecule has 0 N–H and O–H groups in total. The first-order valence-corrected chi connectivity index (χ1v) is 6.60. The van der Waals surface area contributed by atoms with Gasteiger partial charge in [0.05, 0.1) is 32.4 Å². The van der Waals surface area contributed by atoms with Crippen molar-refractivity contribution in [3.05, 3.63) is 34.2 Å². The summed E-state index contributed by atoms with van der Waals surface area (Å²) in [5.41, 5.74) is 1.29. The maximum Gasteiger partial charge on any atom is 0.282 e. The molecule has 0 amide bonds. The number of rotatable bonds is 3. The van der Waals surface area contributed by atoms with E-state index in [0.29, 0.717) is 33.8 Å². The maximum absolute atomic E-state index is 12.7. The molecular weight excluding hydrogens is 286 g/mol. The van der Waals surface area contributed by atoms with Crippen molar-refractivity contribution >= 4 is 16.6 Å². The van der Waals surface area contributed by atoms with E-state index in [9.17, 15) is 4.79 Å². The summed E-state index contributed by atoms with van der Waals surface area (Å²) in [7, 11) is 4.50. The van der Waals surface area contributed by atoms with Gasteiger partial charge < -0.3 is 14.2 Å². The fourth-order valence-electron chi connectivity index (χ4n) is 2.39. The minimum atomic E-state index is -0.289. The van der Waals surface area contributed by atoms with Crippen molar-refractivity contribution in [2.24, 2.45) is 0 Å². The Morgan fingerprint density at radius 1 is 1.05 bits per heavy atom. The topological polar surface area (TPSA) is 75.0 Å². The number of hydrogen-bond donors (Lipinski definition) is 0. The Morgan fingerprint density at radius 3 is 2.41 bits per heavy atom. The molecule has 3 aromatic rings. The zero-order valence-electron chi connectivity index (χ0n) is 12.7. The van der Waals surface area contributed by atoms with Gasteiger partial charge >= 0.3 is 0 Å². The summed E-state index contributed by atoms with van der Waals surface area (Å²) in [6.45, 7) is 1.81. The molecule has 0 aliphatic rings. The van der Waals surface area contributed by atoms with Gasteiger partial charge in [-0.05, 0) is 25.1 Å². The number of ether oxygens (including phenoxy) is 3. The van der Waals surface area contributed by atoms with E-state index in [0.717, 1.165) is 5.69 Å². The van der Waals surface area contributed by atoms with Gasteiger partial charge in [-0.2, -0.15) is 9.61 Å². The van der Waals surface area contributed by atoms with Crippen molar-refractivity contribution in [1.29, 1.82) is 0 Å². The number of benzene rings is 1. The highest BCUT2D eigenvalue weighted by Gasteiger charge is 2.20. The van der Waals surface area contributed by atoms with Gasteiger partial charge in [0, 0.05) is 0 Å². The lowest BCUT2D eigenvalue weighted by Crippen LogP contribution is -2.19. The monoisotopic (exact) mass is 301 g/mol. The quantitative estimate of drug-likeness (QED) is 0.684. The zero-order chi connectivity index (χ0) is 15.9. The van der Waals surface area contributed by atoms with Crippen LogP contribution in [0.25, 0.3) is 16.6 Å². The molecule has 0 radical (unpaired) electrons. The van der Waals surface area contributed by atoms with Crippen LogP contribution in [0.4, 0.5) is 0 Å². The number of methoxy groups -OCH3 is 3. The molecule has 0 saturated carbocycles. The van der Waals surface area contributed by atoms with Gasteiger partial charge in [0.1, 0.15) is 5.52 Å². The van der Waals surface area contributed by atoms with Crippen LogP contribution in [-0.2, 0) is 0 Å². The number of aromatic nitrogens is 3. The largest absolute Gasteiger partial charge is 0.493 e. The van der Waals surface area contributed by atoms with Crippen LogP contribution >= 0.6 is 0 Å². The Hall–Kier alpha value is -2.83. The number of hydrogen-bond acceptors (Lipinski definition) is 6. The van der Waals surface area contributed by atoms with Gasteiger partial charge in [0.15, 0.2) is 17.1 Å². The number of nitrogens with zero attached hydrogens (tertiary/aromatic N) is 3. The first-order valence-electron chi connectivity index (χ1n) is 6.60. The van der Waals surface area contributed by atoms with E-state index in [1.54, 1.807) is 18.2 Å². The summed E-state index contributed by atoms with van der Waals surface area (Å²) in [6.07, 6.45) is 0. The van der Waals surface area contributed by atoms with Gasteiger partial charge in [-0.25, -0.2) is 4.98 Å². The highest BCUT2D eigenvalue weighted by Crippen LogP contribution is 2.41. The minimum Gasteiger partial charge on any atom is -0.493 e. The summed E-state index contributed by atoms with van der Waals surface area (Å²) in [4.78, 5) is 17.2. The highest BCUT2D eigenvalue weighted by molar-refractivity contribution is 5.90. The van der Waals surface area contributed by atoms with Crippen molar-refractivity contribution in [1.82, 2.24) is 14.6 Å². The highest BCUT2D eigenvalue weighted by atomic mass is 16.5. The van der Waals surface area contributed by atoms with Crippen LogP contribution in [0, 0.1) is 6.92 Å². The van der Waals surface area contributed by atoms with Crippen molar-refractivity contribution in [3.8, 4) is 17.2 Å². The zero-order valence-corrected chi connectivity index (χ0v) is 12.7. The number of aryl methyl sites for hydroxylation is 1. The molecule has 0 bridgehead atoms. The van der Waals surface area contributed by atoms with Crippen LogP contribution in [0.3, 0.4) is 0 Å². The second-order valence-electron chi connectivity index (χ2n) is 4.70. The molecule has 0 aliphatic carbocycles. The second kappa shape index (κ2) is 5.18. The lowest BCUT2D eigenvalue weighted by Gasteiger charge is -2.14. The summed E-state index contributed by atoms with van der Waals surface area (Å²) >= 11 is 0. The van der Waals surface area contributed by atoms with Crippen LogP contribution in [0.15, 0.2) is 23.0 Å². The van der Waals surface area contributed by atoms with E-state index in [4.69, 9.17) is 14.2 Å². The van der Waals surface area contributed by atoms with Gasteiger partial charge in [0.2, 0.25) is 5.75 Å². The molecule has 0 aliphatic heterocycles. The van der Waals surface area contributed by atoms with Crippen LogP contribution < -0.4 is 19.8 Å². The van der Waals surface area contributed by atoms with Gasteiger partial charge in [0.25, 0.3) is 5.56 Å². The van der Waals surface area contributed by atoms with Crippen LogP contribution in [0.5, 0.6) is 17.2 Å². The Morgan fingerprint density at radius 2 is 1.77 bits per heavy atom. The fourth-order valence-corrected chi connectivity index (χ4v) is 2.39. The first-order chi connectivity index (χ1) is 10.6. The third-order valence-corrected chi connectivity index (χ3v) is 3.40.